The maximum atomic E-state index is 5.76. The summed E-state index contributed by atoms with van der Waals surface area (Å²) in [6.45, 7) is 9.37. The molecule has 0 heterocycles. The molecule has 0 aromatic heterocycles. The Morgan fingerprint density at radius 1 is 1.14 bits per heavy atom. The lowest BCUT2D eigenvalue weighted by atomic mass is 10.1. The average molecular weight is 233 g/mol. The molecule has 0 spiro atoms. The minimum atomic E-state index is -1.29. The molecule has 0 aliphatic heterocycles. The van der Waals surface area contributed by atoms with Crippen molar-refractivity contribution in [2.75, 3.05) is 0 Å². The van der Waals surface area contributed by atoms with Gasteiger partial charge in [0, 0.05) is 0 Å². The highest BCUT2D eigenvalue weighted by atomic mass is 28.4. The smallest absolute Gasteiger partial charge is 0.175 e. The third kappa shape index (κ3) is 5.99. The van der Waals surface area contributed by atoms with Crippen molar-refractivity contribution >= 4 is 18.8 Å². The van der Waals surface area contributed by atoms with Crippen molar-refractivity contribution in [1.29, 1.82) is 0 Å². The quantitative estimate of drug-likeness (QED) is 0.461. The second-order valence-electron chi connectivity index (χ2n) is 4.91. The van der Waals surface area contributed by atoms with E-state index < -0.39 is 8.32 Å². The number of rotatable bonds is 8. The van der Waals surface area contributed by atoms with Crippen molar-refractivity contribution in [3.63, 3.8) is 0 Å². The molecule has 3 heteroatoms. The van der Waals surface area contributed by atoms with Gasteiger partial charge in [-0.2, -0.15) is 0 Å². The summed E-state index contributed by atoms with van der Waals surface area (Å²) in [6.07, 6.45) is 8.39. The molecule has 14 heavy (non-hydrogen) atoms. The molecule has 0 aliphatic rings. The Morgan fingerprint density at radius 3 is 2.21 bits per heavy atom. The number of hydrogen-bond acceptors (Lipinski definition) is 1. The van der Waals surface area contributed by atoms with Gasteiger partial charge in [-0.05, 0) is 18.6 Å². The fourth-order valence-corrected chi connectivity index (χ4v) is 4.11. The highest BCUT2D eigenvalue weighted by molar-refractivity contribution is 6.75. The lowest BCUT2D eigenvalue weighted by Gasteiger charge is -2.28. The van der Waals surface area contributed by atoms with Crippen LogP contribution in [0.5, 0.6) is 0 Å². The van der Waals surface area contributed by atoms with Gasteiger partial charge in [0.05, 0.1) is 0 Å². The van der Waals surface area contributed by atoms with E-state index in [1.54, 1.807) is 0 Å². The van der Waals surface area contributed by atoms with Gasteiger partial charge in [-0.25, -0.2) is 0 Å². The van der Waals surface area contributed by atoms with Gasteiger partial charge in [-0.1, -0.05) is 52.4 Å². The van der Waals surface area contributed by atoms with E-state index in [1.807, 2.05) is 0 Å². The van der Waals surface area contributed by atoms with Crippen LogP contribution in [0.25, 0.3) is 0 Å². The molecule has 0 amide bonds. The molecule has 0 saturated heterocycles. The molecule has 1 atom stereocenters. The van der Waals surface area contributed by atoms with Crippen LogP contribution >= 0.6 is 0 Å². The minimum absolute atomic E-state index is 0.835. The predicted octanol–water partition coefficient (Wildman–Crippen LogP) is 3.24. The molecule has 86 valence electrons. The fraction of sp³-hybridized carbons (Fsp3) is 1.00. The lowest BCUT2D eigenvalue weighted by molar-refractivity contribution is 0.539. The standard InChI is InChI=1S/C11H28OSi2/c1-5-6-7-8-9-10-11(2)14(3,4)12-13/h11H,5-10H2,1-4,13H3. The van der Waals surface area contributed by atoms with Crippen LogP contribution in [0.15, 0.2) is 0 Å². The van der Waals surface area contributed by atoms with Gasteiger partial charge in [0.2, 0.25) is 0 Å². The molecule has 0 saturated carbocycles. The van der Waals surface area contributed by atoms with Crippen molar-refractivity contribution in [1.82, 2.24) is 0 Å². The van der Waals surface area contributed by atoms with Crippen LogP contribution in [0.1, 0.15) is 52.4 Å². The Hall–Kier alpha value is 0.394. The first kappa shape index (κ1) is 14.4. The predicted molar refractivity (Wildman–Crippen MR) is 71.3 cm³/mol. The normalized spacial score (nSPS) is 14.6. The summed E-state index contributed by atoms with van der Waals surface area (Å²) < 4.78 is 5.76. The van der Waals surface area contributed by atoms with Gasteiger partial charge < -0.3 is 4.12 Å². The van der Waals surface area contributed by atoms with E-state index in [2.05, 4.69) is 26.9 Å². The maximum Gasteiger partial charge on any atom is 0.175 e. The summed E-state index contributed by atoms with van der Waals surface area (Å²) in [6, 6.07) is 0. The van der Waals surface area contributed by atoms with Crippen LogP contribution in [0.4, 0.5) is 0 Å². The van der Waals surface area contributed by atoms with Gasteiger partial charge >= 0.3 is 0 Å². The van der Waals surface area contributed by atoms with E-state index >= 15 is 0 Å². The highest BCUT2D eigenvalue weighted by Gasteiger charge is 2.27. The molecule has 0 radical (unpaired) electrons. The first-order valence-electron chi connectivity index (χ1n) is 6.09. The van der Waals surface area contributed by atoms with Crippen LogP contribution in [-0.4, -0.2) is 18.8 Å². The minimum Gasteiger partial charge on any atom is -0.463 e. The van der Waals surface area contributed by atoms with Gasteiger partial charge in [-0.15, -0.1) is 0 Å². The first-order valence-corrected chi connectivity index (χ1v) is 9.90. The van der Waals surface area contributed by atoms with Crippen molar-refractivity contribution in [2.24, 2.45) is 0 Å². The third-order valence-corrected chi connectivity index (χ3v) is 10.3. The van der Waals surface area contributed by atoms with Gasteiger partial charge in [-0.3, -0.25) is 0 Å². The largest absolute Gasteiger partial charge is 0.463 e. The van der Waals surface area contributed by atoms with Gasteiger partial charge in [0.15, 0.2) is 8.32 Å². The molecule has 0 aromatic carbocycles. The van der Waals surface area contributed by atoms with Crippen LogP contribution < -0.4 is 0 Å². The van der Waals surface area contributed by atoms with Crippen molar-refractivity contribution < 1.29 is 4.12 Å². The molecule has 0 rings (SSSR count). The molecule has 0 aromatic rings. The Balaban J connectivity index is 3.48. The second-order valence-corrected chi connectivity index (χ2v) is 10.7. The summed E-state index contributed by atoms with van der Waals surface area (Å²) in [5.74, 6) is 0. The van der Waals surface area contributed by atoms with Crippen LogP contribution in [0.2, 0.25) is 18.6 Å². The van der Waals surface area contributed by atoms with Crippen LogP contribution in [0.3, 0.4) is 0 Å². The zero-order chi connectivity index (χ0) is 11.0. The number of unbranched alkanes of at least 4 members (excludes halogenated alkanes) is 4. The topological polar surface area (TPSA) is 9.23 Å². The Morgan fingerprint density at radius 2 is 1.71 bits per heavy atom. The van der Waals surface area contributed by atoms with Crippen molar-refractivity contribution in [2.45, 2.75) is 71.0 Å². The zero-order valence-electron chi connectivity index (χ0n) is 10.7. The van der Waals surface area contributed by atoms with Crippen molar-refractivity contribution in [3.8, 4) is 0 Å². The summed E-state index contributed by atoms with van der Waals surface area (Å²) in [5.41, 5.74) is 0.835. The summed E-state index contributed by atoms with van der Waals surface area (Å²) in [7, 11) is -0.370. The molecule has 0 N–H and O–H groups in total. The summed E-state index contributed by atoms with van der Waals surface area (Å²) in [4.78, 5) is 0. The number of hydrogen-bond donors (Lipinski definition) is 0. The van der Waals surface area contributed by atoms with E-state index in [-0.39, 0.29) is 0 Å². The Kier molecular flexibility index (Phi) is 7.87. The molecule has 1 unspecified atom stereocenters. The fourth-order valence-electron chi connectivity index (χ4n) is 1.60. The lowest BCUT2D eigenvalue weighted by Crippen LogP contribution is -2.34. The average Bonchev–Trinajstić information content (AvgIpc) is 2.17. The first-order chi connectivity index (χ1) is 6.54. The Labute approximate surface area is 94.3 Å². The summed E-state index contributed by atoms with van der Waals surface area (Å²) >= 11 is 0. The zero-order valence-corrected chi connectivity index (χ0v) is 13.7. The van der Waals surface area contributed by atoms with E-state index in [0.29, 0.717) is 0 Å². The molecule has 1 nitrogen and oxygen atoms in total. The van der Waals surface area contributed by atoms with Crippen molar-refractivity contribution in [3.05, 3.63) is 0 Å². The van der Waals surface area contributed by atoms with Crippen LogP contribution in [0, 0.1) is 0 Å². The molecule has 0 aliphatic carbocycles. The highest BCUT2D eigenvalue weighted by Crippen LogP contribution is 2.27. The maximum absolute atomic E-state index is 5.76. The van der Waals surface area contributed by atoms with Crippen LogP contribution in [-0.2, 0) is 4.12 Å². The summed E-state index contributed by atoms with van der Waals surface area (Å²) in [5, 5.41) is 0. The second kappa shape index (κ2) is 7.66. The SMILES string of the molecule is CCCCCCCC(C)[Si](C)(C)O[SiH3]. The molecule has 0 fully saturated rings. The molecular formula is C11H28OSi2. The van der Waals surface area contributed by atoms with E-state index in [1.165, 1.54) is 38.5 Å². The van der Waals surface area contributed by atoms with E-state index in [9.17, 15) is 0 Å². The van der Waals surface area contributed by atoms with Gasteiger partial charge in [0.25, 0.3) is 0 Å². The van der Waals surface area contributed by atoms with E-state index in [0.717, 1.165) is 16.0 Å². The van der Waals surface area contributed by atoms with Gasteiger partial charge in [0.1, 0.15) is 10.5 Å². The molecular weight excluding hydrogens is 204 g/mol. The third-order valence-electron chi connectivity index (χ3n) is 3.45. The molecule has 0 bridgehead atoms. The Bertz CT molecular complexity index is 137. The monoisotopic (exact) mass is 232 g/mol. The van der Waals surface area contributed by atoms with E-state index in [4.69, 9.17) is 4.12 Å².